The monoisotopic (exact) mass is 490 g/mol. The molecule has 0 aliphatic heterocycles. The Morgan fingerprint density at radius 3 is 2.66 bits per heavy atom. The molecule has 11 heteroatoms. The number of carbonyl (C=O) groups is 1. The normalized spacial score (nSPS) is 11.4. The summed E-state index contributed by atoms with van der Waals surface area (Å²) in [5, 5.41) is 9.52. The number of nitrogens with two attached hydrogens (primary N) is 1. The molecule has 3 N–H and O–H groups in total. The molecule has 0 bridgehead atoms. The highest BCUT2D eigenvalue weighted by atomic mass is 32.2. The molecule has 2 aromatic heterocycles. The largest absolute Gasteiger partial charge is 0.495 e. The first-order chi connectivity index (χ1) is 16.7. The Kier molecular flexibility index (Phi) is 6.15. The molecule has 4 aromatic rings. The fourth-order valence-electron chi connectivity index (χ4n) is 3.70. The highest BCUT2D eigenvalue weighted by molar-refractivity contribution is 7.92. The SMILES string of the molecule is COc1ccc(C(=O)c2cn(C(C)C)c3ncnc(N)c23)cc1NS(=O)(=O)c1cccc(C#N)c1. The van der Waals surface area contributed by atoms with Gasteiger partial charge in [-0.1, -0.05) is 6.07 Å². The summed E-state index contributed by atoms with van der Waals surface area (Å²) in [5.74, 6) is 0.00376. The molecule has 0 radical (unpaired) electrons. The summed E-state index contributed by atoms with van der Waals surface area (Å²) in [6.45, 7) is 3.90. The van der Waals surface area contributed by atoms with E-state index in [0.29, 0.717) is 16.6 Å². The molecule has 0 aliphatic carbocycles. The highest BCUT2D eigenvalue weighted by Crippen LogP contribution is 2.32. The highest BCUT2D eigenvalue weighted by Gasteiger charge is 2.23. The number of fused-ring (bicyclic) bond motifs is 1. The quantitative estimate of drug-likeness (QED) is 0.373. The van der Waals surface area contributed by atoms with Gasteiger partial charge in [-0.15, -0.1) is 0 Å². The molecule has 0 saturated heterocycles. The van der Waals surface area contributed by atoms with Crippen molar-refractivity contribution in [3.63, 3.8) is 0 Å². The summed E-state index contributed by atoms with van der Waals surface area (Å²) in [4.78, 5) is 21.8. The van der Waals surface area contributed by atoms with Crippen LogP contribution >= 0.6 is 0 Å². The summed E-state index contributed by atoms with van der Waals surface area (Å²) in [7, 11) is -2.68. The van der Waals surface area contributed by atoms with Crippen molar-refractivity contribution in [3.05, 3.63) is 71.7 Å². The van der Waals surface area contributed by atoms with Gasteiger partial charge in [0.2, 0.25) is 0 Å². The third-order valence-corrected chi connectivity index (χ3v) is 6.78. The second kappa shape index (κ2) is 9.08. The zero-order valence-corrected chi connectivity index (χ0v) is 20.0. The molecule has 0 saturated carbocycles. The van der Waals surface area contributed by atoms with E-state index >= 15 is 0 Å². The summed E-state index contributed by atoms with van der Waals surface area (Å²) < 4.78 is 35.6. The first-order valence-corrected chi connectivity index (χ1v) is 12.0. The Morgan fingerprint density at radius 2 is 1.97 bits per heavy atom. The molecule has 0 aliphatic rings. The average molecular weight is 491 g/mol. The van der Waals surface area contributed by atoms with Gasteiger partial charge in [0, 0.05) is 17.8 Å². The van der Waals surface area contributed by atoms with E-state index in [4.69, 9.17) is 15.7 Å². The summed E-state index contributed by atoms with van der Waals surface area (Å²) >= 11 is 0. The summed E-state index contributed by atoms with van der Waals surface area (Å²) in [6.07, 6.45) is 3.01. The van der Waals surface area contributed by atoms with Crippen molar-refractivity contribution in [1.29, 1.82) is 5.26 Å². The third kappa shape index (κ3) is 4.39. The molecule has 2 aromatic carbocycles. The van der Waals surface area contributed by atoms with Crippen LogP contribution in [0.2, 0.25) is 0 Å². The van der Waals surface area contributed by atoms with E-state index in [1.807, 2.05) is 24.5 Å². The van der Waals surface area contributed by atoms with Gasteiger partial charge in [0.05, 0.1) is 40.3 Å². The molecule has 0 amide bonds. The lowest BCUT2D eigenvalue weighted by molar-refractivity contribution is 0.104. The van der Waals surface area contributed by atoms with E-state index in [2.05, 4.69) is 14.7 Å². The molecule has 10 nitrogen and oxygen atoms in total. The van der Waals surface area contributed by atoms with Gasteiger partial charge in [-0.2, -0.15) is 5.26 Å². The summed E-state index contributed by atoms with van der Waals surface area (Å²) in [5.41, 5.74) is 7.39. The molecular weight excluding hydrogens is 468 g/mol. The predicted molar refractivity (Wildman–Crippen MR) is 131 cm³/mol. The van der Waals surface area contributed by atoms with Gasteiger partial charge in [0.25, 0.3) is 10.0 Å². The van der Waals surface area contributed by atoms with Gasteiger partial charge in [-0.3, -0.25) is 9.52 Å². The maximum atomic E-state index is 13.5. The number of nitrogen functional groups attached to an aromatic ring is 1. The van der Waals surface area contributed by atoms with Crippen LogP contribution in [0, 0.1) is 11.3 Å². The van der Waals surface area contributed by atoms with Crippen LogP contribution in [-0.2, 0) is 10.0 Å². The lowest BCUT2D eigenvalue weighted by Crippen LogP contribution is -2.14. The van der Waals surface area contributed by atoms with Crippen molar-refractivity contribution in [1.82, 2.24) is 14.5 Å². The number of sulfonamides is 1. The van der Waals surface area contributed by atoms with Crippen molar-refractivity contribution < 1.29 is 17.9 Å². The number of ether oxygens (including phenoxy) is 1. The van der Waals surface area contributed by atoms with E-state index in [9.17, 15) is 13.2 Å². The Balaban J connectivity index is 1.79. The number of nitriles is 1. The molecule has 0 atom stereocenters. The smallest absolute Gasteiger partial charge is 0.262 e. The Labute approximate surface area is 202 Å². The van der Waals surface area contributed by atoms with Gasteiger partial charge < -0.3 is 15.0 Å². The van der Waals surface area contributed by atoms with Crippen LogP contribution in [0.1, 0.15) is 41.4 Å². The van der Waals surface area contributed by atoms with E-state index < -0.39 is 10.0 Å². The number of hydrogen-bond donors (Lipinski definition) is 2. The lowest BCUT2D eigenvalue weighted by atomic mass is 10.0. The van der Waals surface area contributed by atoms with Crippen LogP contribution in [0.15, 0.2) is 59.9 Å². The zero-order valence-electron chi connectivity index (χ0n) is 19.2. The minimum atomic E-state index is -4.07. The number of benzene rings is 2. The molecule has 0 spiro atoms. The van der Waals surface area contributed by atoms with Crippen LogP contribution in [0.3, 0.4) is 0 Å². The number of ketones is 1. The van der Waals surface area contributed by atoms with Gasteiger partial charge in [0.1, 0.15) is 23.5 Å². The summed E-state index contributed by atoms with van der Waals surface area (Å²) in [6, 6.07) is 12.0. The molecule has 178 valence electrons. The number of rotatable bonds is 7. The average Bonchev–Trinajstić information content (AvgIpc) is 3.25. The molecule has 2 heterocycles. The number of aromatic nitrogens is 3. The van der Waals surface area contributed by atoms with Crippen LogP contribution in [-0.4, -0.2) is 35.8 Å². The van der Waals surface area contributed by atoms with E-state index in [-0.39, 0.29) is 45.1 Å². The Bertz CT molecular complexity index is 1600. The molecule has 4 rings (SSSR count). The van der Waals surface area contributed by atoms with Crippen LogP contribution in [0.25, 0.3) is 11.0 Å². The maximum Gasteiger partial charge on any atom is 0.262 e. The fourth-order valence-corrected chi connectivity index (χ4v) is 4.80. The molecular formula is C24H22N6O4S. The molecule has 35 heavy (non-hydrogen) atoms. The number of nitrogens with one attached hydrogen (secondary N) is 1. The van der Waals surface area contributed by atoms with Gasteiger partial charge in [-0.25, -0.2) is 18.4 Å². The number of carbonyl (C=O) groups excluding carboxylic acids is 1. The maximum absolute atomic E-state index is 13.5. The van der Waals surface area contributed by atoms with Crippen molar-refractivity contribution in [2.24, 2.45) is 0 Å². The van der Waals surface area contributed by atoms with Gasteiger partial charge in [-0.05, 0) is 50.2 Å². The molecule has 0 unspecified atom stereocenters. The first kappa shape index (κ1) is 23.7. The second-order valence-electron chi connectivity index (χ2n) is 7.99. The van der Waals surface area contributed by atoms with E-state index in [0.717, 1.165) is 0 Å². The minimum absolute atomic E-state index is 0.00996. The van der Waals surface area contributed by atoms with Gasteiger partial charge >= 0.3 is 0 Å². The molecule has 0 fully saturated rings. The Hall–Kier alpha value is -4.43. The fraction of sp³-hybridized carbons (Fsp3) is 0.167. The van der Waals surface area contributed by atoms with E-state index in [1.54, 1.807) is 6.20 Å². The van der Waals surface area contributed by atoms with Crippen LogP contribution in [0.5, 0.6) is 5.75 Å². The van der Waals surface area contributed by atoms with Crippen molar-refractivity contribution >= 4 is 38.3 Å². The number of nitrogens with zero attached hydrogens (tertiary/aromatic N) is 4. The third-order valence-electron chi connectivity index (χ3n) is 5.42. The zero-order chi connectivity index (χ0) is 25.3. The first-order valence-electron chi connectivity index (χ1n) is 10.5. The lowest BCUT2D eigenvalue weighted by Gasteiger charge is -2.13. The second-order valence-corrected chi connectivity index (χ2v) is 9.67. The van der Waals surface area contributed by atoms with E-state index in [1.165, 1.54) is 55.9 Å². The standard InChI is InChI=1S/C24H22N6O4S/c1-14(2)30-12-18(21-23(26)27-13-28-24(21)30)22(31)16-7-8-20(34-3)19(10-16)29-35(32,33)17-6-4-5-15(9-17)11-25/h4-10,12-14,29H,1-3H3,(H2,26,27,28). The van der Waals surface area contributed by atoms with Crippen molar-refractivity contribution in [2.45, 2.75) is 24.8 Å². The topological polar surface area (TPSA) is 153 Å². The van der Waals surface area contributed by atoms with Gasteiger partial charge in [0.15, 0.2) is 5.78 Å². The van der Waals surface area contributed by atoms with Crippen molar-refractivity contribution in [3.8, 4) is 11.8 Å². The predicted octanol–water partition coefficient (Wildman–Crippen LogP) is 3.51. The number of methoxy groups -OCH3 is 1. The number of hydrogen-bond acceptors (Lipinski definition) is 8. The Morgan fingerprint density at radius 1 is 1.20 bits per heavy atom. The number of anilines is 2. The van der Waals surface area contributed by atoms with Crippen molar-refractivity contribution in [2.75, 3.05) is 17.6 Å². The van der Waals surface area contributed by atoms with Crippen LogP contribution < -0.4 is 15.2 Å². The minimum Gasteiger partial charge on any atom is -0.495 e. The van der Waals surface area contributed by atoms with Crippen LogP contribution in [0.4, 0.5) is 11.5 Å².